The van der Waals surface area contributed by atoms with E-state index in [1.165, 1.54) is 12.1 Å². The molecular weight excluding hydrogens is 265 g/mol. The summed E-state index contributed by atoms with van der Waals surface area (Å²) >= 11 is 0. The molecule has 0 unspecified atom stereocenters. The van der Waals surface area contributed by atoms with Gasteiger partial charge in [0.15, 0.2) is 0 Å². The van der Waals surface area contributed by atoms with Crippen molar-refractivity contribution in [2.75, 3.05) is 31.2 Å². The first kappa shape index (κ1) is 14.2. The van der Waals surface area contributed by atoms with Gasteiger partial charge >= 0.3 is 0 Å². The van der Waals surface area contributed by atoms with Crippen LogP contribution in [0.2, 0.25) is 0 Å². The molecule has 0 amide bonds. The van der Waals surface area contributed by atoms with Crippen molar-refractivity contribution >= 4 is 10.8 Å². The molecule has 0 spiro atoms. The van der Waals surface area contributed by atoms with Crippen LogP contribution in [0.15, 0.2) is 18.2 Å². The Hall–Kier alpha value is -1.22. The van der Waals surface area contributed by atoms with Crippen LogP contribution in [-0.2, 0) is 17.3 Å². The molecule has 0 aromatic heterocycles. The maximum atomic E-state index is 13.5. The fourth-order valence-electron chi connectivity index (χ4n) is 2.05. The minimum Gasteiger partial charge on any atom is -0.384 e. The first-order chi connectivity index (χ1) is 9.17. The highest BCUT2D eigenvalue weighted by Crippen LogP contribution is 2.12. The van der Waals surface area contributed by atoms with Gasteiger partial charge < -0.3 is 5.11 Å². The van der Waals surface area contributed by atoms with Crippen molar-refractivity contribution < 1.29 is 13.7 Å². The molecule has 1 saturated heterocycles. The van der Waals surface area contributed by atoms with Crippen LogP contribution in [0.3, 0.4) is 0 Å². The molecule has 1 aliphatic heterocycles. The minimum atomic E-state index is -0.698. The standard InChI is InChI=1S/C14H16FNO2S/c15-14-9-12(2-1-5-17)8-13(10-14)11-16-3-6-19(18)7-4-16/h8-10,17H,3-7,11H2. The highest BCUT2D eigenvalue weighted by molar-refractivity contribution is 7.85. The number of aliphatic hydroxyl groups is 1. The van der Waals surface area contributed by atoms with Crippen LogP contribution in [0.5, 0.6) is 0 Å². The molecule has 1 fully saturated rings. The van der Waals surface area contributed by atoms with Crippen molar-refractivity contribution in [1.82, 2.24) is 4.90 Å². The van der Waals surface area contributed by atoms with Gasteiger partial charge in [-0.3, -0.25) is 9.11 Å². The van der Waals surface area contributed by atoms with Crippen molar-refractivity contribution in [2.24, 2.45) is 0 Å². The topological polar surface area (TPSA) is 40.5 Å². The van der Waals surface area contributed by atoms with Crippen molar-refractivity contribution in [1.29, 1.82) is 0 Å². The van der Waals surface area contributed by atoms with Gasteiger partial charge in [0.25, 0.3) is 0 Å². The van der Waals surface area contributed by atoms with E-state index in [-0.39, 0.29) is 12.4 Å². The van der Waals surface area contributed by atoms with Crippen molar-refractivity contribution in [2.45, 2.75) is 6.54 Å². The molecule has 1 heterocycles. The van der Waals surface area contributed by atoms with E-state index in [1.54, 1.807) is 0 Å². The smallest absolute Gasteiger partial charge is 0.124 e. The van der Waals surface area contributed by atoms with E-state index >= 15 is 0 Å². The zero-order valence-electron chi connectivity index (χ0n) is 10.6. The fourth-order valence-corrected chi connectivity index (χ4v) is 3.18. The van der Waals surface area contributed by atoms with E-state index in [9.17, 15) is 8.60 Å². The predicted molar refractivity (Wildman–Crippen MR) is 73.5 cm³/mol. The summed E-state index contributed by atoms with van der Waals surface area (Å²) in [6.45, 7) is 1.97. The lowest BCUT2D eigenvalue weighted by atomic mass is 10.1. The first-order valence-corrected chi connectivity index (χ1v) is 7.63. The van der Waals surface area contributed by atoms with Crippen molar-refractivity contribution in [3.8, 4) is 11.8 Å². The van der Waals surface area contributed by atoms with Crippen LogP contribution in [0.4, 0.5) is 4.39 Å². The number of hydrogen-bond acceptors (Lipinski definition) is 3. The summed E-state index contributed by atoms with van der Waals surface area (Å²) in [5, 5.41) is 8.65. The number of halogens is 1. The molecule has 19 heavy (non-hydrogen) atoms. The third-order valence-electron chi connectivity index (χ3n) is 2.95. The lowest BCUT2D eigenvalue weighted by Crippen LogP contribution is -2.37. The normalized spacial score (nSPS) is 16.9. The van der Waals surface area contributed by atoms with E-state index in [2.05, 4.69) is 16.7 Å². The Labute approximate surface area is 114 Å². The van der Waals surface area contributed by atoms with Crippen LogP contribution in [-0.4, -0.2) is 45.4 Å². The summed E-state index contributed by atoms with van der Waals surface area (Å²) in [5.41, 5.74) is 1.43. The van der Waals surface area contributed by atoms with Gasteiger partial charge in [0.1, 0.15) is 12.4 Å². The molecule has 1 aromatic carbocycles. The van der Waals surface area contributed by atoms with Crippen molar-refractivity contribution in [3.63, 3.8) is 0 Å². The summed E-state index contributed by atoms with van der Waals surface area (Å²) in [5.74, 6) is 6.28. The Kier molecular flexibility index (Phi) is 5.08. The molecule has 0 bridgehead atoms. The van der Waals surface area contributed by atoms with Crippen LogP contribution in [0, 0.1) is 17.7 Å². The maximum Gasteiger partial charge on any atom is 0.124 e. The summed E-state index contributed by atoms with van der Waals surface area (Å²) in [4.78, 5) is 2.17. The molecule has 0 atom stereocenters. The zero-order valence-corrected chi connectivity index (χ0v) is 11.4. The molecule has 0 saturated carbocycles. The van der Waals surface area contributed by atoms with Gasteiger partial charge in [-0.05, 0) is 23.8 Å². The van der Waals surface area contributed by atoms with Crippen LogP contribution < -0.4 is 0 Å². The number of hydrogen-bond donors (Lipinski definition) is 1. The summed E-state index contributed by atoms with van der Waals surface area (Å²) in [6, 6.07) is 4.68. The quantitative estimate of drug-likeness (QED) is 0.813. The van der Waals surface area contributed by atoms with Gasteiger partial charge in [-0.2, -0.15) is 0 Å². The number of rotatable bonds is 2. The monoisotopic (exact) mass is 281 g/mol. The molecular formula is C14H16FNO2S. The first-order valence-electron chi connectivity index (χ1n) is 6.14. The van der Waals surface area contributed by atoms with Gasteiger partial charge in [-0.15, -0.1) is 0 Å². The zero-order chi connectivity index (χ0) is 13.7. The lowest BCUT2D eigenvalue weighted by molar-refractivity contribution is 0.291. The van der Waals surface area contributed by atoms with Crippen LogP contribution in [0.25, 0.3) is 0 Å². The second-order valence-corrected chi connectivity index (χ2v) is 6.13. The molecule has 1 aromatic rings. The fraction of sp³-hybridized carbons (Fsp3) is 0.429. The second kappa shape index (κ2) is 6.80. The molecule has 3 nitrogen and oxygen atoms in total. The van der Waals surface area contributed by atoms with Gasteiger partial charge in [0.05, 0.1) is 0 Å². The average molecular weight is 281 g/mol. The van der Waals surface area contributed by atoms with Crippen molar-refractivity contribution in [3.05, 3.63) is 35.1 Å². The van der Waals surface area contributed by atoms with Gasteiger partial charge in [0.2, 0.25) is 0 Å². The largest absolute Gasteiger partial charge is 0.384 e. The molecule has 0 aliphatic carbocycles. The maximum absolute atomic E-state index is 13.5. The van der Waals surface area contributed by atoms with E-state index < -0.39 is 10.8 Å². The molecule has 1 aliphatic rings. The molecule has 1 N–H and O–H groups in total. The van der Waals surface area contributed by atoms with Gasteiger partial charge in [0, 0.05) is 47.5 Å². The van der Waals surface area contributed by atoms with Crippen LogP contribution >= 0.6 is 0 Å². The second-order valence-electron chi connectivity index (χ2n) is 4.43. The van der Waals surface area contributed by atoms with E-state index in [0.717, 1.165) is 18.7 Å². The Balaban J connectivity index is 2.07. The summed E-state index contributed by atoms with van der Waals surface area (Å²) < 4.78 is 24.7. The Morgan fingerprint density at radius 2 is 2.05 bits per heavy atom. The Morgan fingerprint density at radius 1 is 1.32 bits per heavy atom. The number of benzene rings is 1. The lowest BCUT2D eigenvalue weighted by Gasteiger charge is -2.26. The number of nitrogens with zero attached hydrogens (tertiary/aromatic N) is 1. The highest BCUT2D eigenvalue weighted by atomic mass is 32.2. The van der Waals surface area contributed by atoms with Gasteiger partial charge in [-0.1, -0.05) is 11.8 Å². The van der Waals surface area contributed by atoms with Gasteiger partial charge in [-0.25, -0.2) is 4.39 Å². The minimum absolute atomic E-state index is 0.232. The average Bonchev–Trinajstić information content (AvgIpc) is 2.38. The Morgan fingerprint density at radius 3 is 2.74 bits per heavy atom. The molecule has 2 rings (SSSR count). The predicted octanol–water partition coefficient (Wildman–Crippen LogP) is 0.734. The Bertz CT molecular complexity index is 526. The summed E-state index contributed by atoms with van der Waals surface area (Å²) in [6.07, 6.45) is 0. The van der Waals surface area contributed by atoms with E-state index in [1.807, 2.05) is 6.07 Å². The van der Waals surface area contributed by atoms with E-state index in [4.69, 9.17) is 5.11 Å². The third-order valence-corrected chi connectivity index (χ3v) is 4.22. The summed E-state index contributed by atoms with van der Waals surface area (Å²) in [7, 11) is -0.698. The van der Waals surface area contributed by atoms with Crippen LogP contribution in [0.1, 0.15) is 11.1 Å². The van der Waals surface area contributed by atoms with E-state index in [0.29, 0.717) is 23.6 Å². The number of aliphatic hydroxyl groups excluding tert-OH is 1. The molecule has 0 radical (unpaired) electrons. The molecule has 5 heteroatoms. The SMILES string of the molecule is O=S1CCN(Cc2cc(F)cc(C#CCO)c2)CC1. The highest BCUT2D eigenvalue weighted by Gasteiger charge is 2.15. The third kappa shape index (κ3) is 4.43. The molecule has 102 valence electrons.